The highest BCUT2D eigenvalue weighted by Gasteiger charge is 2.02. The molecule has 0 saturated heterocycles. The maximum absolute atomic E-state index is 4.29. The lowest BCUT2D eigenvalue weighted by Gasteiger charge is -1.98. The van der Waals surface area contributed by atoms with Crippen molar-refractivity contribution in [2.75, 3.05) is 0 Å². The van der Waals surface area contributed by atoms with Gasteiger partial charge in [0.25, 0.3) is 0 Å². The number of hydrogen-bond donors (Lipinski definition) is 0. The van der Waals surface area contributed by atoms with Crippen LogP contribution in [0.5, 0.6) is 0 Å². The number of amidine groups is 1. The van der Waals surface area contributed by atoms with E-state index in [9.17, 15) is 0 Å². The van der Waals surface area contributed by atoms with Gasteiger partial charge >= 0.3 is 0 Å². The number of benzene rings is 1. The summed E-state index contributed by atoms with van der Waals surface area (Å²) in [7, 11) is 3.91. The van der Waals surface area contributed by atoms with Gasteiger partial charge in [-0.3, -0.25) is 0 Å². The molecule has 0 saturated carbocycles. The highest BCUT2D eigenvalue weighted by atomic mass is 35.5. The number of pyridine rings is 2. The van der Waals surface area contributed by atoms with Crippen LogP contribution in [-0.4, -0.2) is 10.4 Å². The van der Waals surface area contributed by atoms with Crippen LogP contribution >= 0.6 is 0 Å². The van der Waals surface area contributed by atoms with Crippen LogP contribution in [0.3, 0.4) is 0 Å². The molecule has 2 aromatic heterocycles. The normalized spacial score (nSPS) is 11.2. The van der Waals surface area contributed by atoms with Gasteiger partial charge in [-0.05, 0) is 12.1 Å². The first-order valence-electron chi connectivity index (χ1n) is 7.87. The van der Waals surface area contributed by atoms with Gasteiger partial charge in [0, 0.05) is 37.1 Å². The Balaban J connectivity index is 0.00000243. The first-order chi connectivity index (χ1) is 12.2. The lowest BCUT2D eigenvalue weighted by molar-refractivity contribution is -0.671. The molecule has 2 heterocycles. The first-order valence-corrected chi connectivity index (χ1v) is 7.87. The summed E-state index contributed by atoms with van der Waals surface area (Å²) in [6.45, 7) is 0. The van der Waals surface area contributed by atoms with Gasteiger partial charge in [0.2, 0.25) is 5.84 Å². The van der Waals surface area contributed by atoms with Crippen molar-refractivity contribution in [1.82, 2.24) is 4.57 Å². The Morgan fingerprint density at radius 2 is 1.58 bits per heavy atom. The van der Waals surface area contributed by atoms with Crippen molar-refractivity contribution in [2.45, 2.75) is 0 Å². The van der Waals surface area contributed by atoms with E-state index in [1.807, 2.05) is 103 Å². The van der Waals surface area contributed by atoms with Crippen LogP contribution in [0, 0.1) is 0 Å². The minimum absolute atomic E-state index is 0. The van der Waals surface area contributed by atoms with Gasteiger partial charge in [0.15, 0.2) is 12.4 Å². The smallest absolute Gasteiger partial charge is 0.203 e. The molecular weight excluding hydrogens is 348 g/mol. The molecule has 0 aliphatic heterocycles. The van der Waals surface area contributed by atoms with Crippen molar-refractivity contribution in [3.8, 4) is 0 Å². The summed E-state index contributed by atoms with van der Waals surface area (Å²) < 4.78 is 3.88. The van der Waals surface area contributed by atoms with E-state index in [-0.39, 0.29) is 12.4 Å². The molecule has 0 atom stereocenters. The molecule has 0 N–H and O–H groups in total. The van der Waals surface area contributed by atoms with Crippen molar-refractivity contribution < 1.29 is 17.0 Å². The number of aromatic nitrogens is 2. The van der Waals surface area contributed by atoms with Crippen LogP contribution in [0.4, 0.5) is 5.69 Å². The molecule has 0 amide bonds. The molecule has 0 spiro atoms. The van der Waals surface area contributed by atoms with Crippen LogP contribution < -0.4 is 22.3 Å². The van der Waals surface area contributed by atoms with Crippen molar-refractivity contribution in [2.24, 2.45) is 34.5 Å². The second-order valence-corrected chi connectivity index (χ2v) is 5.53. The highest BCUT2D eigenvalue weighted by Crippen LogP contribution is 2.11. The summed E-state index contributed by atoms with van der Waals surface area (Å²) in [6.07, 6.45) is 7.67. The number of hydrogen-bond acceptors (Lipinski definition) is 3. The molecule has 0 radical (unpaired) electrons. The molecular formula is C19H19ClN6. The molecule has 3 rings (SSSR count). The summed E-state index contributed by atoms with van der Waals surface area (Å²) in [4.78, 5) is 0. The van der Waals surface area contributed by atoms with Crippen LogP contribution in [0.2, 0.25) is 0 Å². The third kappa shape index (κ3) is 5.46. The Hall–Kier alpha value is -3.12. The Morgan fingerprint density at radius 1 is 0.923 bits per heavy atom. The van der Waals surface area contributed by atoms with E-state index in [2.05, 4.69) is 20.4 Å². The molecule has 7 heteroatoms. The van der Waals surface area contributed by atoms with E-state index >= 15 is 0 Å². The van der Waals surface area contributed by atoms with Crippen molar-refractivity contribution in [1.29, 1.82) is 0 Å². The zero-order valence-electron chi connectivity index (χ0n) is 14.6. The lowest BCUT2D eigenvalue weighted by Crippen LogP contribution is -3.00. The Labute approximate surface area is 158 Å². The quantitative estimate of drug-likeness (QED) is 0.204. The Kier molecular flexibility index (Phi) is 6.93. The van der Waals surface area contributed by atoms with Crippen LogP contribution in [0.1, 0.15) is 5.56 Å². The maximum Gasteiger partial charge on any atom is 0.203 e. The topological polar surface area (TPSA) is 58.2 Å². The number of azo groups is 1. The molecule has 3 aromatic rings. The number of nitrogens with zero attached hydrogens (tertiary/aromatic N) is 6. The van der Waals surface area contributed by atoms with Crippen molar-refractivity contribution in [3.63, 3.8) is 0 Å². The van der Waals surface area contributed by atoms with Gasteiger partial charge in [0.05, 0.1) is 11.0 Å². The fraction of sp³-hybridized carbons (Fsp3) is 0.105. The summed E-state index contributed by atoms with van der Waals surface area (Å²) in [5.41, 5.74) is 1.62. The van der Waals surface area contributed by atoms with Crippen LogP contribution in [0.15, 0.2) is 99.8 Å². The second-order valence-electron chi connectivity index (χ2n) is 5.53. The first kappa shape index (κ1) is 19.2. The minimum Gasteiger partial charge on any atom is -1.00 e. The van der Waals surface area contributed by atoms with Gasteiger partial charge in [0.1, 0.15) is 7.05 Å². The fourth-order valence-corrected chi connectivity index (χ4v) is 2.05. The minimum atomic E-state index is 0. The summed E-state index contributed by atoms with van der Waals surface area (Å²) in [5, 5.41) is 17.9. The number of aryl methyl sites for hydroxylation is 2. The van der Waals surface area contributed by atoms with Gasteiger partial charge in [-0.25, -0.2) is 4.57 Å². The fourth-order valence-electron chi connectivity index (χ4n) is 2.05. The Bertz CT molecular complexity index is 939. The number of halogens is 1. The van der Waals surface area contributed by atoms with Crippen LogP contribution in [-0.2, 0) is 14.1 Å². The second kappa shape index (κ2) is 9.39. The van der Waals surface area contributed by atoms with Crippen molar-refractivity contribution >= 4 is 11.5 Å². The molecule has 132 valence electrons. The molecule has 1 aromatic carbocycles. The van der Waals surface area contributed by atoms with Gasteiger partial charge in [-0.15, -0.1) is 20.4 Å². The number of rotatable bonds is 3. The third-order valence-corrected chi connectivity index (χ3v) is 3.47. The SMILES string of the molecule is Cn1ccc(=NN=C(N=Nc2cc[n+](C)cc2)c2ccccc2)cc1.[Cl-]. The molecule has 0 bridgehead atoms. The van der Waals surface area contributed by atoms with E-state index in [0.29, 0.717) is 5.84 Å². The highest BCUT2D eigenvalue weighted by molar-refractivity contribution is 5.99. The van der Waals surface area contributed by atoms with E-state index in [4.69, 9.17) is 0 Å². The van der Waals surface area contributed by atoms with Gasteiger partial charge < -0.3 is 17.0 Å². The standard InChI is InChI=1S/C19H19N6.ClH/c1-24-12-8-17(9-13-24)20-22-19(16-6-4-3-5-7-16)23-21-18-10-14-25(2)15-11-18;/h3-15H,1-2H3;1H/q+1;/p-1. The summed E-state index contributed by atoms with van der Waals surface area (Å²) in [5.74, 6) is 0.460. The van der Waals surface area contributed by atoms with Gasteiger partial charge in [-0.2, -0.15) is 0 Å². The Morgan fingerprint density at radius 3 is 2.23 bits per heavy atom. The molecule has 0 aliphatic carbocycles. The van der Waals surface area contributed by atoms with E-state index < -0.39 is 0 Å². The van der Waals surface area contributed by atoms with Crippen molar-refractivity contribution in [3.05, 3.63) is 90.3 Å². The third-order valence-electron chi connectivity index (χ3n) is 3.47. The van der Waals surface area contributed by atoms with Gasteiger partial charge in [-0.1, -0.05) is 30.3 Å². The van der Waals surface area contributed by atoms with E-state index in [0.717, 1.165) is 16.6 Å². The summed E-state index contributed by atoms with van der Waals surface area (Å²) in [6, 6.07) is 17.2. The monoisotopic (exact) mass is 366 g/mol. The predicted molar refractivity (Wildman–Crippen MR) is 96.1 cm³/mol. The maximum atomic E-state index is 4.29. The molecule has 0 aliphatic rings. The molecule has 6 nitrogen and oxygen atoms in total. The van der Waals surface area contributed by atoms with E-state index in [1.54, 1.807) is 0 Å². The molecule has 0 unspecified atom stereocenters. The largest absolute Gasteiger partial charge is 1.00 e. The zero-order valence-corrected chi connectivity index (χ0v) is 15.3. The average molecular weight is 367 g/mol. The molecule has 0 fully saturated rings. The van der Waals surface area contributed by atoms with E-state index in [1.165, 1.54) is 0 Å². The van der Waals surface area contributed by atoms with Crippen LogP contribution in [0.25, 0.3) is 0 Å². The lowest BCUT2D eigenvalue weighted by atomic mass is 10.2. The average Bonchev–Trinajstić information content (AvgIpc) is 2.65. The zero-order chi connectivity index (χ0) is 17.5. The predicted octanol–water partition coefficient (Wildman–Crippen LogP) is -0.1000. The summed E-state index contributed by atoms with van der Waals surface area (Å²) >= 11 is 0. The molecule has 26 heavy (non-hydrogen) atoms.